The van der Waals surface area contributed by atoms with Gasteiger partial charge in [0.05, 0.1) is 16.9 Å². The zero-order chi connectivity index (χ0) is 15.5. The van der Waals surface area contributed by atoms with Crippen molar-refractivity contribution in [1.29, 1.82) is 0 Å². The molecule has 0 aliphatic carbocycles. The van der Waals surface area contributed by atoms with Crippen LogP contribution in [0.2, 0.25) is 0 Å². The molecule has 22 heavy (non-hydrogen) atoms. The Hall–Kier alpha value is -2.15. The van der Waals surface area contributed by atoms with Crippen LogP contribution in [0.1, 0.15) is 11.3 Å². The van der Waals surface area contributed by atoms with Crippen molar-refractivity contribution < 1.29 is 0 Å². The van der Waals surface area contributed by atoms with Crippen LogP contribution in [-0.4, -0.2) is 16.0 Å². The van der Waals surface area contributed by atoms with Gasteiger partial charge in [-0.15, -0.1) is 0 Å². The summed E-state index contributed by atoms with van der Waals surface area (Å²) >= 11 is 2.25. The van der Waals surface area contributed by atoms with Crippen LogP contribution < -0.4 is 5.56 Å². The maximum absolute atomic E-state index is 12.5. The molecule has 110 valence electrons. The number of hydrogen-bond donors (Lipinski definition) is 1. The Kier molecular flexibility index (Phi) is 4.24. The third kappa shape index (κ3) is 3.04. The Morgan fingerprint density at radius 3 is 2.45 bits per heavy atom. The number of aromatic nitrogens is 2. The van der Waals surface area contributed by atoms with Crippen molar-refractivity contribution in [1.82, 2.24) is 9.78 Å². The molecule has 5 heteroatoms. The first-order chi connectivity index (χ1) is 10.6. The van der Waals surface area contributed by atoms with E-state index in [0.29, 0.717) is 5.56 Å². The number of aryl methyl sites for hydroxylation is 1. The van der Waals surface area contributed by atoms with E-state index in [4.69, 9.17) is 0 Å². The van der Waals surface area contributed by atoms with Crippen molar-refractivity contribution in [2.45, 2.75) is 6.92 Å². The number of H-pyrrole nitrogens is 1. The first-order valence-electron chi connectivity index (χ1n) is 6.82. The van der Waals surface area contributed by atoms with Crippen LogP contribution >= 0.6 is 22.6 Å². The monoisotopic (exact) mass is 403 g/mol. The van der Waals surface area contributed by atoms with Crippen molar-refractivity contribution in [2.75, 3.05) is 0 Å². The Morgan fingerprint density at radius 1 is 1.09 bits per heavy atom. The molecule has 0 unspecified atom stereocenters. The summed E-state index contributed by atoms with van der Waals surface area (Å²) in [5.41, 5.74) is 2.90. The van der Waals surface area contributed by atoms with Gasteiger partial charge in [-0.25, -0.2) is 4.68 Å². The topological polar surface area (TPSA) is 50.1 Å². The van der Waals surface area contributed by atoms with Crippen LogP contribution in [0, 0.1) is 10.5 Å². The smallest absolute Gasteiger partial charge is 0.280 e. The highest BCUT2D eigenvalue weighted by Gasteiger charge is 2.10. The molecule has 0 saturated heterocycles. The number of aliphatic imine (C=N–C) groups is 1. The molecule has 0 aliphatic rings. The van der Waals surface area contributed by atoms with Gasteiger partial charge in [-0.3, -0.25) is 14.9 Å². The summed E-state index contributed by atoms with van der Waals surface area (Å²) in [4.78, 5) is 16.9. The third-order valence-corrected chi connectivity index (χ3v) is 4.02. The van der Waals surface area contributed by atoms with Crippen molar-refractivity contribution in [2.24, 2.45) is 4.99 Å². The third-order valence-electron chi connectivity index (χ3n) is 3.30. The molecule has 0 spiro atoms. The lowest BCUT2D eigenvalue weighted by Crippen LogP contribution is -2.17. The Labute approximate surface area is 141 Å². The van der Waals surface area contributed by atoms with Crippen LogP contribution in [0.25, 0.3) is 5.69 Å². The van der Waals surface area contributed by atoms with E-state index in [-0.39, 0.29) is 5.56 Å². The predicted octanol–water partition coefficient (Wildman–Crippen LogP) is 3.83. The molecule has 3 rings (SSSR count). The van der Waals surface area contributed by atoms with Gasteiger partial charge in [0, 0.05) is 15.5 Å². The van der Waals surface area contributed by atoms with Gasteiger partial charge in [-0.1, -0.05) is 18.2 Å². The van der Waals surface area contributed by atoms with E-state index in [0.717, 1.165) is 20.6 Å². The van der Waals surface area contributed by atoms with Gasteiger partial charge >= 0.3 is 0 Å². The van der Waals surface area contributed by atoms with Gasteiger partial charge in [0.25, 0.3) is 5.56 Å². The summed E-state index contributed by atoms with van der Waals surface area (Å²) in [6, 6.07) is 17.3. The van der Waals surface area contributed by atoms with Gasteiger partial charge in [0.1, 0.15) is 0 Å². The molecule has 1 aromatic heterocycles. The molecule has 0 fully saturated rings. The van der Waals surface area contributed by atoms with E-state index in [2.05, 4.69) is 32.7 Å². The van der Waals surface area contributed by atoms with Crippen LogP contribution in [0.4, 0.5) is 5.69 Å². The van der Waals surface area contributed by atoms with Crippen LogP contribution in [0.3, 0.4) is 0 Å². The van der Waals surface area contributed by atoms with Crippen LogP contribution in [0.5, 0.6) is 0 Å². The summed E-state index contributed by atoms with van der Waals surface area (Å²) in [5, 5.41) is 3.09. The molecule has 0 saturated carbocycles. The SMILES string of the molecule is Cc1[nH]n(-c2ccccc2)c(=O)c1C=Nc1ccc(I)cc1. The first-order valence-corrected chi connectivity index (χ1v) is 7.90. The van der Waals surface area contributed by atoms with Gasteiger partial charge in [0.15, 0.2) is 0 Å². The summed E-state index contributed by atoms with van der Waals surface area (Å²) < 4.78 is 2.69. The molecular formula is C17H14IN3O. The van der Waals surface area contributed by atoms with E-state index < -0.39 is 0 Å². The van der Waals surface area contributed by atoms with E-state index >= 15 is 0 Å². The molecule has 0 aliphatic heterocycles. The number of para-hydroxylation sites is 1. The Morgan fingerprint density at radius 2 is 1.77 bits per heavy atom. The largest absolute Gasteiger partial charge is 0.295 e. The number of nitrogens with one attached hydrogen (secondary N) is 1. The predicted molar refractivity (Wildman–Crippen MR) is 97.5 cm³/mol. The number of rotatable bonds is 3. The van der Waals surface area contributed by atoms with Crippen LogP contribution in [0.15, 0.2) is 64.4 Å². The molecule has 0 bridgehead atoms. The maximum Gasteiger partial charge on any atom is 0.280 e. The maximum atomic E-state index is 12.5. The fraction of sp³-hybridized carbons (Fsp3) is 0.0588. The van der Waals surface area contributed by atoms with E-state index in [1.807, 2.05) is 61.5 Å². The number of nitrogens with zero attached hydrogens (tertiary/aromatic N) is 2. The molecular weight excluding hydrogens is 389 g/mol. The van der Waals surface area contributed by atoms with Crippen LogP contribution in [-0.2, 0) is 0 Å². The molecule has 0 radical (unpaired) electrons. The van der Waals surface area contributed by atoms with Crippen molar-refractivity contribution in [3.05, 3.63) is 79.8 Å². The Balaban J connectivity index is 1.97. The standard InChI is InChI=1S/C17H14IN3O/c1-12-16(11-19-14-9-7-13(18)8-10-14)17(22)21(20-12)15-5-3-2-4-6-15/h2-11,20H,1H3. The van der Waals surface area contributed by atoms with Crippen molar-refractivity contribution in [3.8, 4) is 5.69 Å². The average molecular weight is 403 g/mol. The molecule has 0 atom stereocenters. The highest BCUT2D eigenvalue weighted by molar-refractivity contribution is 14.1. The molecule has 3 aromatic rings. The summed E-state index contributed by atoms with van der Waals surface area (Å²) in [6.07, 6.45) is 1.62. The van der Waals surface area contributed by atoms with Gasteiger partial charge < -0.3 is 0 Å². The Bertz CT molecular complexity index is 861. The van der Waals surface area contributed by atoms with Gasteiger partial charge in [0.2, 0.25) is 0 Å². The second kappa shape index (κ2) is 6.31. The zero-order valence-electron chi connectivity index (χ0n) is 12.0. The second-order valence-electron chi connectivity index (χ2n) is 4.86. The normalized spacial score (nSPS) is 11.2. The molecule has 1 N–H and O–H groups in total. The molecule has 4 nitrogen and oxygen atoms in total. The molecule has 1 heterocycles. The van der Waals surface area contributed by atoms with E-state index in [9.17, 15) is 4.79 Å². The van der Waals surface area contributed by atoms with Crippen molar-refractivity contribution in [3.63, 3.8) is 0 Å². The lowest BCUT2D eigenvalue weighted by atomic mass is 10.2. The summed E-state index contributed by atoms with van der Waals surface area (Å²) in [6.45, 7) is 1.87. The van der Waals surface area contributed by atoms with Gasteiger partial charge in [-0.2, -0.15) is 0 Å². The minimum Gasteiger partial charge on any atom is -0.295 e. The summed E-state index contributed by atoms with van der Waals surface area (Å²) in [5.74, 6) is 0. The quantitative estimate of drug-likeness (QED) is 0.525. The molecule has 2 aromatic carbocycles. The summed E-state index contributed by atoms with van der Waals surface area (Å²) in [7, 11) is 0. The van der Waals surface area contributed by atoms with E-state index in [1.165, 1.54) is 4.68 Å². The fourth-order valence-electron chi connectivity index (χ4n) is 2.14. The van der Waals surface area contributed by atoms with Crippen molar-refractivity contribution >= 4 is 34.5 Å². The highest BCUT2D eigenvalue weighted by atomic mass is 127. The minimum atomic E-state index is -0.0991. The number of halogens is 1. The first kappa shape index (κ1) is 14.8. The second-order valence-corrected chi connectivity index (χ2v) is 6.11. The van der Waals surface area contributed by atoms with E-state index in [1.54, 1.807) is 6.21 Å². The minimum absolute atomic E-state index is 0.0991. The number of benzene rings is 2. The average Bonchev–Trinajstić information content (AvgIpc) is 2.82. The lowest BCUT2D eigenvalue weighted by molar-refractivity contribution is 0.835. The fourth-order valence-corrected chi connectivity index (χ4v) is 2.50. The van der Waals surface area contributed by atoms with Gasteiger partial charge in [-0.05, 0) is 65.9 Å². The molecule has 0 amide bonds. The lowest BCUT2D eigenvalue weighted by Gasteiger charge is -1.99. The zero-order valence-corrected chi connectivity index (χ0v) is 14.1. The highest BCUT2D eigenvalue weighted by Crippen LogP contribution is 2.14. The number of hydrogen-bond acceptors (Lipinski definition) is 2. The number of aromatic amines is 1.